The van der Waals surface area contributed by atoms with Gasteiger partial charge in [-0.05, 0) is 43.7 Å². The van der Waals surface area contributed by atoms with Crippen molar-refractivity contribution >= 4 is 47.6 Å². The summed E-state index contributed by atoms with van der Waals surface area (Å²) in [5.41, 5.74) is 0.564. The second-order valence-corrected chi connectivity index (χ2v) is 7.29. The molecule has 0 bridgehead atoms. The van der Waals surface area contributed by atoms with Crippen LogP contribution in [0.1, 0.15) is 23.2 Å². The van der Waals surface area contributed by atoms with Crippen molar-refractivity contribution in [2.24, 2.45) is 0 Å². The molecular formula is C16H21Cl2N3O2S. The highest BCUT2D eigenvalue weighted by atomic mass is 35.5. The lowest BCUT2D eigenvalue weighted by atomic mass is 10.1. The normalized spacial score (nSPS) is 23.5. The Morgan fingerprint density at radius 2 is 2.04 bits per heavy atom. The molecule has 2 saturated heterocycles. The van der Waals surface area contributed by atoms with Crippen molar-refractivity contribution in [1.29, 1.82) is 0 Å². The van der Waals surface area contributed by atoms with Gasteiger partial charge in [-0.3, -0.25) is 9.59 Å². The number of hydrogen-bond acceptors (Lipinski definition) is 4. The molecule has 5 nitrogen and oxygen atoms in total. The first kappa shape index (κ1) is 19.4. The molecule has 0 saturated carbocycles. The first-order chi connectivity index (χ1) is 11.1. The monoisotopic (exact) mass is 389 g/mol. The van der Waals surface area contributed by atoms with Gasteiger partial charge in [-0.25, -0.2) is 0 Å². The van der Waals surface area contributed by atoms with Crippen LogP contribution in [0.4, 0.5) is 0 Å². The first-order valence-corrected chi connectivity index (χ1v) is 9.34. The van der Waals surface area contributed by atoms with Gasteiger partial charge in [0, 0.05) is 28.9 Å². The molecular weight excluding hydrogens is 369 g/mol. The van der Waals surface area contributed by atoms with Crippen molar-refractivity contribution in [2.45, 2.75) is 24.9 Å². The summed E-state index contributed by atoms with van der Waals surface area (Å²) in [5.74, 6) is 1.02. The maximum Gasteiger partial charge on any atom is 0.255 e. The van der Waals surface area contributed by atoms with Gasteiger partial charge in [0.05, 0.1) is 5.88 Å². The smallest absolute Gasteiger partial charge is 0.255 e. The van der Waals surface area contributed by atoms with Gasteiger partial charge in [0.1, 0.15) is 6.04 Å². The van der Waals surface area contributed by atoms with Crippen molar-refractivity contribution in [3.05, 3.63) is 34.9 Å². The molecule has 1 unspecified atom stereocenters. The molecule has 0 spiro atoms. The fourth-order valence-electron chi connectivity index (χ4n) is 2.89. The number of nitrogens with one attached hydrogen (secondary N) is 2. The summed E-state index contributed by atoms with van der Waals surface area (Å²) >= 11 is 7.47. The maximum absolute atomic E-state index is 12.6. The predicted octanol–water partition coefficient (Wildman–Crippen LogP) is 2.15. The van der Waals surface area contributed by atoms with E-state index in [1.54, 1.807) is 40.9 Å². The Morgan fingerprint density at radius 1 is 1.29 bits per heavy atom. The number of carbonyl (C=O) groups is 2. The summed E-state index contributed by atoms with van der Waals surface area (Å²) in [7, 11) is 0. The second-order valence-electron chi connectivity index (χ2n) is 5.85. The van der Waals surface area contributed by atoms with Crippen molar-refractivity contribution in [2.75, 3.05) is 24.7 Å². The van der Waals surface area contributed by atoms with E-state index in [9.17, 15) is 9.59 Å². The summed E-state index contributed by atoms with van der Waals surface area (Å²) in [5, 5.41) is 6.95. The van der Waals surface area contributed by atoms with E-state index >= 15 is 0 Å². The number of benzene rings is 1. The molecule has 2 atom stereocenters. The highest BCUT2D eigenvalue weighted by Gasteiger charge is 2.35. The Kier molecular flexibility index (Phi) is 7.22. The lowest BCUT2D eigenvalue weighted by Crippen LogP contribution is -2.53. The zero-order valence-corrected chi connectivity index (χ0v) is 15.6. The van der Waals surface area contributed by atoms with Crippen LogP contribution in [0.3, 0.4) is 0 Å². The lowest BCUT2D eigenvalue weighted by Gasteiger charge is -2.28. The largest absolute Gasteiger partial charge is 0.350 e. The lowest BCUT2D eigenvalue weighted by molar-refractivity contribution is -0.125. The summed E-state index contributed by atoms with van der Waals surface area (Å²) in [6, 6.07) is 6.56. The number of carbonyl (C=O) groups excluding carboxylic acids is 2. The fourth-order valence-corrected chi connectivity index (χ4v) is 4.17. The van der Waals surface area contributed by atoms with E-state index in [0.29, 0.717) is 22.2 Å². The molecule has 0 aromatic heterocycles. The van der Waals surface area contributed by atoms with Crippen LogP contribution < -0.4 is 10.6 Å². The third-order valence-electron chi connectivity index (χ3n) is 4.18. The van der Waals surface area contributed by atoms with E-state index in [1.165, 1.54) is 0 Å². The van der Waals surface area contributed by atoms with E-state index in [4.69, 9.17) is 11.6 Å². The summed E-state index contributed by atoms with van der Waals surface area (Å²) in [4.78, 5) is 26.8. The van der Waals surface area contributed by atoms with Crippen LogP contribution in [0, 0.1) is 0 Å². The molecule has 1 aromatic rings. The van der Waals surface area contributed by atoms with Crippen LogP contribution in [0.15, 0.2) is 24.3 Å². The summed E-state index contributed by atoms with van der Waals surface area (Å²) < 4.78 is 0. The molecule has 24 heavy (non-hydrogen) atoms. The highest BCUT2D eigenvalue weighted by Crippen LogP contribution is 2.24. The van der Waals surface area contributed by atoms with Crippen LogP contribution in [0.25, 0.3) is 0 Å². The van der Waals surface area contributed by atoms with Crippen molar-refractivity contribution in [3.8, 4) is 0 Å². The molecule has 2 aliphatic rings. The Morgan fingerprint density at radius 3 is 2.71 bits per heavy atom. The predicted molar refractivity (Wildman–Crippen MR) is 100 cm³/mol. The molecule has 132 valence electrons. The molecule has 2 fully saturated rings. The zero-order chi connectivity index (χ0) is 16.2. The number of amides is 2. The van der Waals surface area contributed by atoms with Gasteiger partial charge in [-0.15, -0.1) is 24.2 Å². The second kappa shape index (κ2) is 8.94. The number of nitrogens with zero attached hydrogens (tertiary/aromatic N) is 1. The quantitative estimate of drug-likeness (QED) is 0.831. The van der Waals surface area contributed by atoms with E-state index in [0.717, 1.165) is 25.9 Å². The highest BCUT2D eigenvalue weighted by molar-refractivity contribution is 7.99. The summed E-state index contributed by atoms with van der Waals surface area (Å²) in [6.45, 7) is 1.81. The average Bonchev–Trinajstić information content (AvgIpc) is 3.05. The molecule has 8 heteroatoms. The van der Waals surface area contributed by atoms with Gasteiger partial charge >= 0.3 is 0 Å². The SMILES string of the molecule is Cl.O=C(N[C@H]1CCCNC1)C1CSCN1C(=O)c1ccc(Cl)cc1. The number of thioether (sulfide) groups is 1. The minimum atomic E-state index is -0.398. The molecule has 3 rings (SSSR count). The van der Waals surface area contributed by atoms with Crippen LogP contribution >= 0.6 is 35.8 Å². The minimum Gasteiger partial charge on any atom is -0.350 e. The van der Waals surface area contributed by atoms with Crippen LogP contribution in [-0.4, -0.2) is 53.5 Å². The number of halogens is 2. The van der Waals surface area contributed by atoms with Gasteiger partial charge in [0.2, 0.25) is 5.91 Å². The zero-order valence-electron chi connectivity index (χ0n) is 13.2. The standard InChI is InChI=1S/C16H20ClN3O2S.ClH/c17-12-5-3-11(4-6-12)16(22)20-10-23-9-14(20)15(21)19-13-2-1-7-18-8-13;/h3-6,13-14,18H,1-2,7-10H2,(H,19,21);1H/t13-,14?;/m0./s1. The van der Waals surface area contributed by atoms with Crippen LogP contribution in [-0.2, 0) is 4.79 Å². The van der Waals surface area contributed by atoms with E-state index in [-0.39, 0.29) is 30.3 Å². The van der Waals surface area contributed by atoms with E-state index in [2.05, 4.69) is 10.6 Å². The van der Waals surface area contributed by atoms with Gasteiger partial charge in [0.15, 0.2) is 0 Å². The number of piperidine rings is 1. The Labute approximate surface area is 157 Å². The van der Waals surface area contributed by atoms with Crippen molar-refractivity contribution in [1.82, 2.24) is 15.5 Å². The Hall–Kier alpha value is -0.950. The third kappa shape index (κ3) is 4.57. The van der Waals surface area contributed by atoms with Gasteiger partial charge < -0.3 is 15.5 Å². The third-order valence-corrected chi connectivity index (χ3v) is 5.44. The number of hydrogen-bond donors (Lipinski definition) is 2. The fraction of sp³-hybridized carbons (Fsp3) is 0.500. The Bertz CT molecular complexity index is 579. The molecule has 2 heterocycles. The van der Waals surface area contributed by atoms with Crippen molar-refractivity contribution in [3.63, 3.8) is 0 Å². The molecule has 0 aliphatic carbocycles. The van der Waals surface area contributed by atoms with Crippen LogP contribution in [0.2, 0.25) is 5.02 Å². The Balaban J connectivity index is 0.00000208. The maximum atomic E-state index is 12.6. The molecule has 2 aliphatic heterocycles. The minimum absolute atomic E-state index is 0. The number of rotatable bonds is 3. The average molecular weight is 390 g/mol. The molecule has 1 aromatic carbocycles. The molecule has 0 radical (unpaired) electrons. The van der Waals surface area contributed by atoms with Gasteiger partial charge in [-0.1, -0.05) is 11.6 Å². The molecule has 2 amide bonds. The first-order valence-electron chi connectivity index (χ1n) is 7.80. The molecule has 2 N–H and O–H groups in total. The van der Waals surface area contributed by atoms with E-state index < -0.39 is 6.04 Å². The summed E-state index contributed by atoms with van der Waals surface area (Å²) in [6.07, 6.45) is 2.06. The van der Waals surface area contributed by atoms with E-state index in [1.807, 2.05) is 0 Å². The van der Waals surface area contributed by atoms with Crippen molar-refractivity contribution < 1.29 is 9.59 Å². The van der Waals surface area contributed by atoms with Gasteiger partial charge in [-0.2, -0.15) is 0 Å². The van der Waals surface area contributed by atoms with Gasteiger partial charge in [0.25, 0.3) is 5.91 Å². The topological polar surface area (TPSA) is 61.4 Å². The van der Waals surface area contributed by atoms with Crippen LogP contribution in [0.5, 0.6) is 0 Å².